The number of rotatable bonds is 4. The zero-order valence-corrected chi connectivity index (χ0v) is 19.1. The summed E-state index contributed by atoms with van der Waals surface area (Å²) in [5.74, 6) is 0. The summed E-state index contributed by atoms with van der Waals surface area (Å²) in [5, 5.41) is 2.26. The molecular formula is C28H25F3N4. The van der Waals surface area contributed by atoms with Crippen LogP contribution >= 0.6 is 0 Å². The average molecular weight is 475 g/mol. The first-order chi connectivity index (χ1) is 17.0. The van der Waals surface area contributed by atoms with E-state index in [0.717, 1.165) is 59.4 Å². The highest BCUT2D eigenvalue weighted by Gasteiger charge is 2.30. The van der Waals surface area contributed by atoms with Gasteiger partial charge in [-0.05, 0) is 42.0 Å². The van der Waals surface area contributed by atoms with Gasteiger partial charge in [0.2, 0.25) is 0 Å². The van der Waals surface area contributed by atoms with Crippen molar-refractivity contribution in [3.05, 3.63) is 90.3 Å². The standard InChI is InChI=1S/C28H25F3N4/c29-28(30,31)20-10-8-19(9-11-20)27-22-4-1-2-5-24(22)33-25(27)18-34-14-16-35(17-15-34)26-7-3-6-23-21(26)12-13-32-23/h1-13,32-33H,14-18H2. The smallest absolute Gasteiger partial charge is 0.368 e. The van der Waals surface area contributed by atoms with Gasteiger partial charge in [0, 0.05) is 77.7 Å². The predicted molar refractivity (Wildman–Crippen MR) is 135 cm³/mol. The lowest BCUT2D eigenvalue weighted by Gasteiger charge is -2.36. The van der Waals surface area contributed by atoms with Crippen LogP contribution < -0.4 is 4.90 Å². The topological polar surface area (TPSA) is 38.1 Å². The Bertz CT molecular complexity index is 1470. The van der Waals surface area contributed by atoms with Crippen LogP contribution in [0.5, 0.6) is 0 Å². The Morgan fingerprint density at radius 3 is 2.26 bits per heavy atom. The van der Waals surface area contributed by atoms with E-state index in [9.17, 15) is 13.2 Å². The molecule has 0 unspecified atom stereocenters. The van der Waals surface area contributed by atoms with Crippen molar-refractivity contribution in [1.29, 1.82) is 0 Å². The second kappa shape index (κ2) is 8.50. The molecule has 0 aliphatic carbocycles. The molecule has 1 aliphatic heterocycles. The normalized spacial score (nSPS) is 15.3. The van der Waals surface area contributed by atoms with E-state index in [0.29, 0.717) is 6.54 Å². The van der Waals surface area contributed by atoms with Gasteiger partial charge in [-0.2, -0.15) is 13.2 Å². The lowest BCUT2D eigenvalue weighted by atomic mass is 10.00. The van der Waals surface area contributed by atoms with Crippen LogP contribution in [0.4, 0.5) is 18.9 Å². The van der Waals surface area contributed by atoms with Crippen molar-refractivity contribution in [2.45, 2.75) is 12.7 Å². The quantitative estimate of drug-likeness (QED) is 0.306. The third-order valence-corrected chi connectivity index (χ3v) is 6.95. The van der Waals surface area contributed by atoms with Crippen LogP contribution in [-0.2, 0) is 12.7 Å². The molecule has 2 aromatic heterocycles. The van der Waals surface area contributed by atoms with Crippen molar-refractivity contribution in [2.24, 2.45) is 0 Å². The van der Waals surface area contributed by atoms with E-state index < -0.39 is 11.7 Å². The van der Waals surface area contributed by atoms with Gasteiger partial charge in [-0.3, -0.25) is 4.90 Å². The summed E-state index contributed by atoms with van der Waals surface area (Å²) in [6.45, 7) is 4.36. The fourth-order valence-electron chi connectivity index (χ4n) is 5.19. The van der Waals surface area contributed by atoms with Crippen LogP contribution in [-0.4, -0.2) is 41.0 Å². The van der Waals surface area contributed by atoms with E-state index in [2.05, 4.69) is 44.0 Å². The van der Waals surface area contributed by atoms with E-state index in [-0.39, 0.29) is 0 Å². The molecule has 35 heavy (non-hydrogen) atoms. The number of nitrogens with one attached hydrogen (secondary N) is 2. The Labute approximate surface area is 201 Å². The van der Waals surface area contributed by atoms with Crippen LogP contribution in [0.3, 0.4) is 0 Å². The maximum atomic E-state index is 13.1. The number of fused-ring (bicyclic) bond motifs is 2. The van der Waals surface area contributed by atoms with E-state index in [1.165, 1.54) is 23.2 Å². The van der Waals surface area contributed by atoms with E-state index in [1.54, 1.807) is 12.1 Å². The second-order valence-corrected chi connectivity index (χ2v) is 9.08. The number of hydrogen-bond donors (Lipinski definition) is 2. The Balaban J connectivity index is 1.25. The number of nitrogens with zero attached hydrogens (tertiary/aromatic N) is 2. The molecule has 4 nitrogen and oxygen atoms in total. The zero-order chi connectivity index (χ0) is 24.0. The van der Waals surface area contributed by atoms with Gasteiger partial charge in [-0.25, -0.2) is 0 Å². The number of anilines is 1. The van der Waals surface area contributed by atoms with Gasteiger partial charge in [-0.1, -0.05) is 36.4 Å². The third kappa shape index (κ3) is 4.06. The number of H-pyrrole nitrogens is 2. The molecule has 178 valence electrons. The predicted octanol–water partition coefficient (Wildman–Crippen LogP) is 6.66. The van der Waals surface area contributed by atoms with E-state index in [4.69, 9.17) is 0 Å². The highest BCUT2D eigenvalue weighted by atomic mass is 19.4. The molecule has 6 rings (SSSR count). The molecule has 1 aliphatic rings. The molecule has 7 heteroatoms. The van der Waals surface area contributed by atoms with Crippen LogP contribution in [0.2, 0.25) is 0 Å². The van der Waals surface area contributed by atoms with Gasteiger partial charge in [0.1, 0.15) is 0 Å². The van der Waals surface area contributed by atoms with Crippen molar-refractivity contribution >= 4 is 27.5 Å². The molecule has 0 radical (unpaired) electrons. The SMILES string of the molecule is FC(F)(F)c1ccc(-c2c(CN3CCN(c4cccc5[nH]ccc45)CC3)[nH]c3ccccc23)cc1. The number of para-hydroxylation sites is 1. The van der Waals surface area contributed by atoms with Gasteiger partial charge in [0.15, 0.2) is 0 Å². The number of benzene rings is 3. The summed E-state index contributed by atoms with van der Waals surface area (Å²) in [6, 6.07) is 21.9. The van der Waals surface area contributed by atoms with Crippen molar-refractivity contribution in [1.82, 2.24) is 14.9 Å². The molecule has 0 atom stereocenters. The largest absolute Gasteiger partial charge is 0.416 e. The number of piperazine rings is 1. The maximum Gasteiger partial charge on any atom is 0.416 e. The lowest BCUT2D eigenvalue weighted by Crippen LogP contribution is -2.46. The minimum absolute atomic E-state index is 0.629. The molecule has 0 spiro atoms. The summed E-state index contributed by atoms with van der Waals surface area (Å²) in [6.07, 6.45) is -2.37. The molecule has 0 amide bonds. The van der Waals surface area contributed by atoms with Crippen molar-refractivity contribution in [3.63, 3.8) is 0 Å². The first-order valence-electron chi connectivity index (χ1n) is 11.8. The maximum absolute atomic E-state index is 13.1. The van der Waals surface area contributed by atoms with Crippen molar-refractivity contribution < 1.29 is 13.2 Å². The van der Waals surface area contributed by atoms with Gasteiger partial charge in [0.25, 0.3) is 0 Å². The average Bonchev–Trinajstić information content (AvgIpc) is 3.48. The molecule has 1 saturated heterocycles. The monoisotopic (exact) mass is 474 g/mol. The Morgan fingerprint density at radius 2 is 1.49 bits per heavy atom. The van der Waals surface area contributed by atoms with Crippen LogP contribution in [0.25, 0.3) is 32.9 Å². The molecular weight excluding hydrogens is 449 g/mol. The lowest BCUT2D eigenvalue weighted by molar-refractivity contribution is -0.137. The molecule has 3 heterocycles. The van der Waals surface area contributed by atoms with Crippen LogP contribution in [0, 0.1) is 0 Å². The van der Waals surface area contributed by atoms with Crippen LogP contribution in [0.1, 0.15) is 11.3 Å². The summed E-state index contributed by atoms with van der Waals surface area (Å²) >= 11 is 0. The van der Waals surface area contributed by atoms with Gasteiger partial charge in [0.05, 0.1) is 5.56 Å². The van der Waals surface area contributed by atoms with Crippen LogP contribution in [0.15, 0.2) is 79.0 Å². The zero-order valence-electron chi connectivity index (χ0n) is 19.1. The summed E-state index contributed by atoms with van der Waals surface area (Å²) in [4.78, 5) is 11.7. The molecule has 2 N–H and O–H groups in total. The number of halogens is 3. The van der Waals surface area contributed by atoms with E-state index in [1.807, 2.05) is 30.5 Å². The minimum Gasteiger partial charge on any atom is -0.368 e. The number of aromatic amines is 2. The highest BCUT2D eigenvalue weighted by molar-refractivity contribution is 5.97. The molecule has 5 aromatic rings. The Kier molecular flexibility index (Phi) is 5.29. The molecule has 0 saturated carbocycles. The molecule has 3 aromatic carbocycles. The second-order valence-electron chi connectivity index (χ2n) is 9.08. The van der Waals surface area contributed by atoms with Gasteiger partial charge < -0.3 is 14.9 Å². The number of alkyl halides is 3. The van der Waals surface area contributed by atoms with Crippen molar-refractivity contribution in [2.75, 3.05) is 31.1 Å². The number of aromatic nitrogens is 2. The van der Waals surface area contributed by atoms with Gasteiger partial charge >= 0.3 is 6.18 Å². The van der Waals surface area contributed by atoms with Gasteiger partial charge in [-0.15, -0.1) is 0 Å². The first-order valence-corrected chi connectivity index (χ1v) is 11.8. The van der Waals surface area contributed by atoms with E-state index >= 15 is 0 Å². The number of hydrogen-bond acceptors (Lipinski definition) is 2. The summed E-state index contributed by atoms with van der Waals surface area (Å²) in [5.41, 5.74) is 5.57. The summed E-state index contributed by atoms with van der Waals surface area (Å²) in [7, 11) is 0. The molecule has 1 fully saturated rings. The third-order valence-electron chi connectivity index (χ3n) is 6.95. The Morgan fingerprint density at radius 1 is 0.743 bits per heavy atom. The first kappa shape index (κ1) is 21.8. The summed E-state index contributed by atoms with van der Waals surface area (Å²) < 4.78 is 39.3. The fourth-order valence-corrected chi connectivity index (χ4v) is 5.19. The highest BCUT2D eigenvalue weighted by Crippen LogP contribution is 2.36. The Hall–Kier alpha value is -3.71. The minimum atomic E-state index is -4.34. The molecule has 0 bridgehead atoms. The van der Waals surface area contributed by atoms with Crippen molar-refractivity contribution in [3.8, 4) is 11.1 Å². The fraction of sp³-hybridized carbons (Fsp3) is 0.214.